The first kappa shape index (κ1) is 32.0. The molecule has 0 bridgehead atoms. The molecule has 0 unspecified atom stereocenters. The van der Waals surface area contributed by atoms with Gasteiger partial charge in [-0.05, 0) is 64.2 Å². The van der Waals surface area contributed by atoms with Crippen molar-refractivity contribution in [2.45, 2.75) is 5.41 Å². The van der Waals surface area contributed by atoms with Crippen LogP contribution >= 0.6 is 0 Å². The summed E-state index contributed by atoms with van der Waals surface area (Å²) in [5, 5.41) is 0. The summed E-state index contributed by atoms with van der Waals surface area (Å²) in [5.74, 6) is 2.40. The van der Waals surface area contributed by atoms with E-state index in [2.05, 4.69) is 164 Å². The molecule has 4 nitrogen and oxygen atoms in total. The van der Waals surface area contributed by atoms with Crippen molar-refractivity contribution in [2.24, 2.45) is 0 Å². The van der Waals surface area contributed by atoms with Gasteiger partial charge >= 0.3 is 0 Å². The van der Waals surface area contributed by atoms with Crippen molar-refractivity contribution < 1.29 is 4.74 Å². The lowest BCUT2D eigenvalue weighted by atomic mass is 9.65. The molecule has 0 atom stereocenters. The average Bonchev–Trinajstić information content (AvgIpc) is 3.56. The molecule has 1 spiro atoms. The highest BCUT2D eigenvalue weighted by atomic mass is 16.5. The topological polar surface area (TPSA) is 47.9 Å². The Hall–Kier alpha value is -7.43. The van der Waals surface area contributed by atoms with Crippen LogP contribution in [-0.4, -0.2) is 15.0 Å². The number of rotatable bonds is 5. The lowest BCUT2D eigenvalue weighted by molar-refractivity contribution is 0.436. The molecule has 3 heterocycles. The Morgan fingerprint density at radius 1 is 0.339 bits per heavy atom. The van der Waals surface area contributed by atoms with Gasteiger partial charge < -0.3 is 4.74 Å². The SMILES string of the molecule is c1ccc(-c2ccc(-c3ccc4c(c3)C3(c5ccccc5Oc5ccccc53)c3cc(-c5cc(-c6ccccc6)nc(-c6ccccc6)n5)ccc3-4)nc2)cc1. The zero-order valence-electron chi connectivity index (χ0n) is 30.3. The Morgan fingerprint density at radius 2 is 0.821 bits per heavy atom. The Morgan fingerprint density at radius 3 is 1.39 bits per heavy atom. The molecule has 2 aliphatic rings. The van der Waals surface area contributed by atoms with Crippen molar-refractivity contribution >= 4 is 0 Å². The summed E-state index contributed by atoms with van der Waals surface area (Å²) in [5.41, 5.74) is 15.4. The zero-order valence-corrected chi connectivity index (χ0v) is 30.3. The minimum Gasteiger partial charge on any atom is -0.457 e. The summed E-state index contributed by atoms with van der Waals surface area (Å²) in [7, 11) is 0. The van der Waals surface area contributed by atoms with Crippen LogP contribution in [0.1, 0.15) is 22.3 Å². The predicted octanol–water partition coefficient (Wildman–Crippen LogP) is 12.7. The van der Waals surface area contributed by atoms with Crippen molar-refractivity contribution in [1.29, 1.82) is 0 Å². The molecule has 4 heteroatoms. The molecular formula is C52H33N3O. The quantitative estimate of drug-likeness (QED) is 0.178. The highest BCUT2D eigenvalue weighted by Crippen LogP contribution is 2.62. The number of ether oxygens (including phenoxy) is 1. The number of para-hydroxylation sites is 2. The Labute approximate surface area is 325 Å². The highest BCUT2D eigenvalue weighted by molar-refractivity contribution is 5.92. The summed E-state index contributed by atoms with van der Waals surface area (Å²) in [4.78, 5) is 15.3. The predicted molar refractivity (Wildman–Crippen MR) is 224 cm³/mol. The average molecular weight is 716 g/mol. The number of hydrogen-bond acceptors (Lipinski definition) is 4. The number of benzene rings is 7. The van der Waals surface area contributed by atoms with Crippen molar-refractivity contribution in [2.75, 3.05) is 0 Å². The molecule has 0 saturated heterocycles. The van der Waals surface area contributed by atoms with Crippen LogP contribution in [0.15, 0.2) is 200 Å². The second kappa shape index (κ2) is 12.9. The maximum atomic E-state index is 6.68. The van der Waals surface area contributed by atoms with Crippen LogP contribution in [-0.2, 0) is 5.41 Å². The molecule has 1 aliphatic heterocycles. The molecule has 0 amide bonds. The Bertz CT molecular complexity index is 2820. The van der Waals surface area contributed by atoms with Gasteiger partial charge in [-0.25, -0.2) is 9.97 Å². The van der Waals surface area contributed by atoms with Crippen LogP contribution in [0.2, 0.25) is 0 Å². The van der Waals surface area contributed by atoms with Gasteiger partial charge in [-0.2, -0.15) is 0 Å². The third-order valence-electron chi connectivity index (χ3n) is 11.2. The Balaban J connectivity index is 1.14. The maximum absolute atomic E-state index is 6.68. The number of pyridine rings is 1. The van der Waals surface area contributed by atoms with Gasteiger partial charge in [0, 0.05) is 45.1 Å². The van der Waals surface area contributed by atoms with Crippen molar-refractivity contribution in [3.05, 3.63) is 223 Å². The van der Waals surface area contributed by atoms with Gasteiger partial charge in [-0.3, -0.25) is 4.98 Å². The van der Waals surface area contributed by atoms with Crippen LogP contribution in [0.25, 0.3) is 67.4 Å². The van der Waals surface area contributed by atoms with Gasteiger partial charge in [0.25, 0.3) is 0 Å². The monoisotopic (exact) mass is 715 g/mol. The zero-order chi connectivity index (χ0) is 37.1. The molecule has 0 N–H and O–H groups in total. The largest absolute Gasteiger partial charge is 0.457 e. The third-order valence-corrected chi connectivity index (χ3v) is 11.2. The molecule has 7 aromatic carbocycles. The number of fused-ring (bicyclic) bond motifs is 9. The summed E-state index contributed by atoms with van der Waals surface area (Å²) in [6, 6.07) is 68.0. The summed E-state index contributed by atoms with van der Waals surface area (Å²) in [6.45, 7) is 0. The first-order chi connectivity index (χ1) is 27.7. The fourth-order valence-electron chi connectivity index (χ4n) is 8.65. The molecule has 11 rings (SSSR count). The minimum absolute atomic E-state index is 0.663. The van der Waals surface area contributed by atoms with E-state index in [1.165, 1.54) is 22.3 Å². The van der Waals surface area contributed by atoms with Crippen LogP contribution in [0.4, 0.5) is 0 Å². The molecular weight excluding hydrogens is 683 g/mol. The standard InChI is InChI=1S/C52H33N3O/c1-4-14-34(15-5-1)39-26-29-46(53-33-39)37-24-27-40-41-28-25-38(48-32-47(35-16-6-2-7-17-35)54-51(55-48)36-18-8-3-9-19-36)31-45(41)52(44(40)30-37)42-20-10-12-22-49(42)56-50-23-13-11-21-43(50)52/h1-33H. The first-order valence-electron chi connectivity index (χ1n) is 18.9. The normalized spacial score (nSPS) is 12.9. The number of nitrogens with zero attached hydrogens (tertiary/aromatic N) is 3. The highest BCUT2D eigenvalue weighted by Gasteiger charge is 2.51. The number of hydrogen-bond donors (Lipinski definition) is 0. The van der Waals surface area contributed by atoms with E-state index in [1.807, 2.05) is 36.5 Å². The van der Waals surface area contributed by atoms with Crippen molar-refractivity contribution in [3.8, 4) is 78.9 Å². The first-order valence-corrected chi connectivity index (χ1v) is 18.9. The molecule has 56 heavy (non-hydrogen) atoms. The van der Waals surface area contributed by atoms with E-state index in [0.717, 1.165) is 73.1 Å². The van der Waals surface area contributed by atoms with E-state index >= 15 is 0 Å². The fourth-order valence-corrected chi connectivity index (χ4v) is 8.65. The summed E-state index contributed by atoms with van der Waals surface area (Å²) < 4.78 is 6.68. The Kier molecular flexibility index (Phi) is 7.36. The lowest BCUT2D eigenvalue weighted by Gasteiger charge is -2.39. The molecule has 0 saturated carbocycles. The summed E-state index contributed by atoms with van der Waals surface area (Å²) in [6.07, 6.45) is 1.98. The molecule has 0 radical (unpaired) electrons. The van der Waals surface area contributed by atoms with E-state index < -0.39 is 5.41 Å². The van der Waals surface area contributed by atoms with E-state index in [0.29, 0.717) is 5.82 Å². The van der Waals surface area contributed by atoms with E-state index in [1.54, 1.807) is 0 Å². The van der Waals surface area contributed by atoms with Crippen molar-refractivity contribution in [3.63, 3.8) is 0 Å². The van der Waals surface area contributed by atoms with Crippen LogP contribution in [0, 0.1) is 0 Å². The van der Waals surface area contributed by atoms with E-state index in [4.69, 9.17) is 19.7 Å². The van der Waals surface area contributed by atoms with Gasteiger partial charge in [0.15, 0.2) is 5.82 Å². The van der Waals surface area contributed by atoms with Gasteiger partial charge in [0.1, 0.15) is 11.5 Å². The van der Waals surface area contributed by atoms with Crippen LogP contribution in [0.5, 0.6) is 11.5 Å². The third kappa shape index (κ3) is 5.04. The maximum Gasteiger partial charge on any atom is 0.160 e. The van der Waals surface area contributed by atoms with Gasteiger partial charge in [0.05, 0.1) is 22.5 Å². The van der Waals surface area contributed by atoms with Gasteiger partial charge in [0.2, 0.25) is 0 Å². The van der Waals surface area contributed by atoms with Crippen LogP contribution < -0.4 is 4.74 Å². The van der Waals surface area contributed by atoms with Gasteiger partial charge in [-0.15, -0.1) is 0 Å². The minimum atomic E-state index is -0.663. The van der Waals surface area contributed by atoms with Crippen molar-refractivity contribution in [1.82, 2.24) is 15.0 Å². The molecule has 1 aliphatic carbocycles. The number of aromatic nitrogens is 3. The smallest absolute Gasteiger partial charge is 0.160 e. The van der Waals surface area contributed by atoms with E-state index in [-0.39, 0.29) is 0 Å². The molecule has 262 valence electrons. The van der Waals surface area contributed by atoms with Gasteiger partial charge in [-0.1, -0.05) is 158 Å². The fraction of sp³-hybridized carbons (Fsp3) is 0.0192. The second-order valence-electron chi connectivity index (χ2n) is 14.4. The van der Waals surface area contributed by atoms with E-state index in [9.17, 15) is 0 Å². The lowest BCUT2D eigenvalue weighted by Crippen LogP contribution is -2.32. The summed E-state index contributed by atoms with van der Waals surface area (Å²) >= 11 is 0. The molecule has 0 fully saturated rings. The molecule has 9 aromatic rings. The molecule has 2 aromatic heterocycles. The van der Waals surface area contributed by atoms with Crippen LogP contribution in [0.3, 0.4) is 0 Å². The second-order valence-corrected chi connectivity index (χ2v) is 14.4.